The zero-order valence-electron chi connectivity index (χ0n) is 17.2. The van der Waals surface area contributed by atoms with E-state index in [1.165, 1.54) is 12.8 Å². The van der Waals surface area contributed by atoms with Crippen LogP contribution in [0.5, 0.6) is 0 Å². The van der Waals surface area contributed by atoms with E-state index < -0.39 is 0 Å². The highest BCUT2D eigenvalue weighted by atomic mass is 16.2. The van der Waals surface area contributed by atoms with Gasteiger partial charge in [0, 0.05) is 44.7 Å². The van der Waals surface area contributed by atoms with Crippen LogP contribution in [0, 0.1) is 5.92 Å². The third-order valence-electron chi connectivity index (χ3n) is 6.37. The van der Waals surface area contributed by atoms with E-state index >= 15 is 0 Å². The summed E-state index contributed by atoms with van der Waals surface area (Å²) in [5.74, 6) is 0.971. The highest BCUT2D eigenvalue weighted by Gasteiger charge is 2.25. The largest absolute Gasteiger partial charge is 0.355 e. The first-order valence-corrected chi connectivity index (χ1v) is 10.9. The fourth-order valence-corrected chi connectivity index (χ4v) is 4.49. The first-order valence-electron chi connectivity index (χ1n) is 10.9. The van der Waals surface area contributed by atoms with E-state index in [4.69, 9.17) is 0 Å². The van der Waals surface area contributed by atoms with Crippen molar-refractivity contribution in [2.75, 3.05) is 32.7 Å². The SMILES string of the molecule is CCN1CCCC1CNC(=O)CCC1CCN(C(=O)CCc2cn[nH]c2)CC1. The van der Waals surface area contributed by atoms with Gasteiger partial charge in [0.2, 0.25) is 11.8 Å². The minimum atomic E-state index is 0.182. The molecular weight excluding hydrogens is 354 g/mol. The number of hydrogen-bond acceptors (Lipinski definition) is 4. The number of likely N-dealkylation sites (N-methyl/N-ethyl adjacent to an activating group) is 1. The van der Waals surface area contributed by atoms with Gasteiger partial charge in [-0.25, -0.2) is 0 Å². The Balaban J connectivity index is 1.27. The molecule has 156 valence electrons. The summed E-state index contributed by atoms with van der Waals surface area (Å²) >= 11 is 0. The molecule has 3 heterocycles. The molecule has 0 aromatic carbocycles. The van der Waals surface area contributed by atoms with Crippen LogP contribution in [-0.2, 0) is 16.0 Å². The van der Waals surface area contributed by atoms with Crippen LogP contribution in [0.25, 0.3) is 0 Å². The number of rotatable bonds is 9. The monoisotopic (exact) mass is 389 g/mol. The second-order valence-electron chi connectivity index (χ2n) is 8.20. The summed E-state index contributed by atoms with van der Waals surface area (Å²) < 4.78 is 0. The predicted octanol–water partition coefficient (Wildman–Crippen LogP) is 1.96. The molecule has 3 rings (SSSR count). The standard InChI is InChI=1S/C21H35N5O2/c1-2-25-11-3-4-19(25)16-22-20(27)7-5-17-9-12-26(13-10-17)21(28)8-6-18-14-23-24-15-18/h14-15,17,19H,2-13,16H2,1H3,(H,22,27)(H,23,24). The van der Waals surface area contributed by atoms with Gasteiger partial charge in [-0.15, -0.1) is 0 Å². The zero-order valence-corrected chi connectivity index (χ0v) is 17.2. The van der Waals surface area contributed by atoms with Crippen LogP contribution in [0.3, 0.4) is 0 Å². The lowest BCUT2D eigenvalue weighted by Crippen LogP contribution is -2.40. The Hall–Kier alpha value is -1.89. The number of aromatic amines is 1. The van der Waals surface area contributed by atoms with Crippen molar-refractivity contribution in [3.05, 3.63) is 18.0 Å². The maximum absolute atomic E-state index is 12.4. The number of aryl methyl sites for hydroxylation is 1. The molecule has 7 heteroatoms. The Labute approximate surface area is 168 Å². The van der Waals surface area contributed by atoms with Crippen molar-refractivity contribution in [2.24, 2.45) is 5.92 Å². The van der Waals surface area contributed by atoms with Crippen LogP contribution in [-0.4, -0.2) is 70.6 Å². The maximum atomic E-state index is 12.4. The molecule has 0 bridgehead atoms. The minimum Gasteiger partial charge on any atom is -0.355 e. The first-order chi connectivity index (χ1) is 13.7. The van der Waals surface area contributed by atoms with Crippen molar-refractivity contribution in [1.29, 1.82) is 0 Å². The van der Waals surface area contributed by atoms with Crippen LogP contribution in [0.1, 0.15) is 57.4 Å². The summed E-state index contributed by atoms with van der Waals surface area (Å²) in [5.41, 5.74) is 1.08. The van der Waals surface area contributed by atoms with Crippen molar-refractivity contribution >= 4 is 11.8 Å². The number of carbonyl (C=O) groups is 2. The Kier molecular flexibility index (Phi) is 7.89. The van der Waals surface area contributed by atoms with Gasteiger partial charge in [0.25, 0.3) is 0 Å². The smallest absolute Gasteiger partial charge is 0.222 e. The second-order valence-corrected chi connectivity index (χ2v) is 8.20. The van der Waals surface area contributed by atoms with Crippen molar-refractivity contribution in [2.45, 2.75) is 64.3 Å². The van der Waals surface area contributed by atoms with Crippen LogP contribution in [0.15, 0.2) is 12.4 Å². The third-order valence-corrected chi connectivity index (χ3v) is 6.37. The summed E-state index contributed by atoms with van der Waals surface area (Å²) in [4.78, 5) is 29.0. The van der Waals surface area contributed by atoms with E-state index in [0.717, 1.165) is 64.0 Å². The number of hydrogen-bond donors (Lipinski definition) is 2. The average Bonchev–Trinajstić information content (AvgIpc) is 3.40. The summed E-state index contributed by atoms with van der Waals surface area (Å²) in [7, 11) is 0. The number of nitrogens with one attached hydrogen (secondary N) is 2. The molecule has 0 spiro atoms. The van der Waals surface area contributed by atoms with Crippen LogP contribution in [0.2, 0.25) is 0 Å². The number of H-pyrrole nitrogens is 1. The molecule has 28 heavy (non-hydrogen) atoms. The highest BCUT2D eigenvalue weighted by Crippen LogP contribution is 2.23. The highest BCUT2D eigenvalue weighted by molar-refractivity contribution is 5.76. The fourth-order valence-electron chi connectivity index (χ4n) is 4.49. The topological polar surface area (TPSA) is 81.3 Å². The Bertz CT molecular complexity index is 610. The van der Waals surface area contributed by atoms with Crippen LogP contribution < -0.4 is 5.32 Å². The van der Waals surface area contributed by atoms with E-state index in [2.05, 4.69) is 27.3 Å². The Morgan fingerprint density at radius 2 is 2.04 bits per heavy atom. The molecule has 1 unspecified atom stereocenters. The molecule has 2 N–H and O–H groups in total. The number of likely N-dealkylation sites (tertiary alicyclic amines) is 2. The summed E-state index contributed by atoms with van der Waals surface area (Å²) in [6.45, 7) is 6.86. The molecule has 2 saturated heterocycles. The zero-order chi connectivity index (χ0) is 19.8. The summed E-state index contributed by atoms with van der Waals surface area (Å²) in [5, 5.41) is 9.83. The third kappa shape index (κ3) is 6.06. The van der Waals surface area contributed by atoms with Gasteiger partial charge in [0.15, 0.2) is 0 Å². The van der Waals surface area contributed by atoms with E-state index in [-0.39, 0.29) is 11.8 Å². The first kappa shape index (κ1) is 20.8. The van der Waals surface area contributed by atoms with Gasteiger partial charge >= 0.3 is 0 Å². The number of carbonyl (C=O) groups excluding carboxylic acids is 2. The second kappa shape index (κ2) is 10.6. The summed E-state index contributed by atoms with van der Waals surface area (Å²) in [6.07, 6.45) is 10.9. The molecule has 2 aliphatic heterocycles. The predicted molar refractivity (Wildman–Crippen MR) is 109 cm³/mol. The average molecular weight is 390 g/mol. The lowest BCUT2D eigenvalue weighted by atomic mass is 9.92. The number of nitrogens with zero attached hydrogens (tertiary/aromatic N) is 3. The van der Waals surface area contributed by atoms with Gasteiger partial charge in [-0.2, -0.15) is 5.10 Å². The Morgan fingerprint density at radius 3 is 2.75 bits per heavy atom. The molecule has 1 aromatic rings. The van der Waals surface area contributed by atoms with Crippen molar-refractivity contribution < 1.29 is 9.59 Å². The molecule has 7 nitrogen and oxygen atoms in total. The van der Waals surface area contributed by atoms with Gasteiger partial charge in [-0.1, -0.05) is 6.92 Å². The molecule has 1 aromatic heterocycles. The van der Waals surface area contributed by atoms with Gasteiger partial charge in [0.1, 0.15) is 0 Å². The number of aromatic nitrogens is 2. The molecule has 2 fully saturated rings. The summed E-state index contributed by atoms with van der Waals surface area (Å²) in [6, 6.07) is 0.519. The lowest BCUT2D eigenvalue weighted by Gasteiger charge is -2.32. The fraction of sp³-hybridized carbons (Fsp3) is 0.762. The quantitative estimate of drug-likeness (QED) is 0.676. The molecule has 0 aliphatic carbocycles. The van der Waals surface area contributed by atoms with E-state index in [1.807, 2.05) is 11.1 Å². The van der Waals surface area contributed by atoms with Gasteiger partial charge in [0.05, 0.1) is 6.20 Å². The number of amides is 2. The van der Waals surface area contributed by atoms with Gasteiger partial charge in [-0.05, 0) is 63.1 Å². The van der Waals surface area contributed by atoms with E-state index in [1.54, 1.807) is 6.20 Å². The van der Waals surface area contributed by atoms with Crippen molar-refractivity contribution in [3.63, 3.8) is 0 Å². The molecular formula is C21H35N5O2. The lowest BCUT2D eigenvalue weighted by molar-refractivity contribution is -0.132. The molecule has 0 radical (unpaired) electrons. The van der Waals surface area contributed by atoms with E-state index in [9.17, 15) is 9.59 Å². The molecule has 0 saturated carbocycles. The normalized spacial score (nSPS) is 21.2. The van der Waals surface area contributed by atoms with Crippen molar-refractivity contribution in [3.8, 4) is 0 Å². The van der Waals surface area contributed by atoms with Crippen LogP contribution in [0.4, 0.5) is 0 Å². The van der Waals surface area contributed by atoms with Gasteiger partial charge < -0.3 is 10.2 Å². The van der Waals surface area contributed by atoms with Crippen LogP contribution >= 0.6 is 0 Å². The molecule has 2 aliphatic rings. The van der Waals surface area contributed by atoms with E-state index in [0.29, 0.717) is 24.8 Å². The molecule has 1 atom stereocenters. The Morgan fingerprint density at radius 1 is 1.21 bits per heavy atom. The number of piperidine rings is 1. The minimum absolute atomic E-state index is 0.182. The molecule has 2 amide bonds. The van der Waals surface area contributed by atoms with Gasteiger partial charge in [-0.3, -0.25) is 19.6 Å². The maximum Gasteiger partial charge on any atom is 0.222 e. The van der Waals surface area contributed by atoms with Crippen molar-refractivity contribution in [1.82, 2.24) is 25.3 Å².